The molecule has 0 aliphatic heterocycles. The van der Waals surface area contributed by atoms with Crippen LogP contribution in [0.1, 0.15) is 33.6 Å². The summed E-state index contributed by atoms with van der Waals surface area (Å²) in [5.74, 6) is 0. The van der Waals surface area contributed by atoms with E-state index in [4.69, 9.17) is 5.26 Å². The van der Waals surface area contributed by atoms with E-state index in [-0.39, 0.29) is 11.1 Å². The van der Waals surface area contributed by atoms with Gasteiger partial charge in [-0.2, -0.15) is 0 Å². The van der Waals surface area contributed by atoms with Crippen LogP contribution in [0, 0.1) is 0 Å². The van der Waals surface area contributed by atoms with Gasteiger partial charge in [-0.1, -0.05) is 18.4 Å². The first-order chi connectivity index (χ1) is 4.12. The highest BCUT2D eigenvalue weighted by atomic mass is 17.5. The van der Waals surface area contributed by atoms with Crippen LogP contribution in [0.5, 0.6) is 0 Å². The van der Waals surface area contributed by atoms with Gasteiger partial charge in [-0.25, -0.2) is 10.1 Å². The Morgan fingerprint density at radius 2 is 1.90 bits per heavy atom. The molecule has 0 amide bonds. The van der Waals surface area contributed by atoms with Crippen molar-refractivity contribution in [1.82, 2.24) is 0 Å². The van der Waals surface area contributed by atoms with Crippen LogP contribution in [-0.2, 0) is 9.93 Å². The van der Waals surface area contributed by atoms with Crippen LogP contribution < -0.4 is 0 Å². The molecule has 0 aliphatic rings. The van der Waals surface area contributed by atoms with E-state index in [9.17, 15) is 0 Å². The topological polar surface area (TPSA) is 70.2 Å². The summed E-state index contributed by atoms with van der Waals surface area (Å²) in [5.41, 5.74) is -0.372. The summed E-state index contributed by atoms with van der Waals surface area (Å²) in [7, 11) is 0. The molecule has 0 atom stereocenters. The van der Waals surface area contributed by atoms with Crippen molar-refractivity contribution in [3.05, 3.63) is 0 Å². The normalized spacial score (nSPS) is 10.8. The molecule has 0 bridgehead atoms. The molecular formula is C6H16O4. The quantitative estimate of drug-likeness (QED) is 0.485. The summed E-state index contributed by atoms with van der Waals surface area (Å²) in [4.78, 5) is 4.53. The van der Waals surface area contributed by atoms with Gasteiger partial charge in [0.05, 0.1) is 0 Å². The molecule has 10 heavy (non-hydrogen) atoms. The number of hydrogen-bond acceptors (Lipinski definition) is 3. The highest BCUT2D eigenvalue weighted by Gasteiger charge is 2.17. The zero-order valence-corrected chi connectivity index (χ0v) is 6.68. The van der Waals surface area contributed by atoms with Gasteiger partial charge in [0.1, 0.15) is 5.60 Å². The fourth-order valence-corrected chi connectivity index (χ4v) is 0.745. The van der Waals surface area contributed by atoms with Crippen molar-refractivity contribution in [2.45, 2.75) is 39.2 Å². The number of rotatable bonds is 4. The Kier molecular flexibility index (Phi) is 7.02. The second-order valence-corrected chi connectivity index (χ2v) is 2.67. The van der Waals surface area contributed by atoms with Crippen LogP contribution >= 0.6 is 0 Å². The molecule has 0 aromatic rings. The lowest BCUT2D eigenvalue weighted by molar-refractivity contribution is -0.522. The second kappa shape index (κ2) is 5.61. The second-order valence-electron chi connectivity index (χ2n) is 2.67. The van der Waals surface area contributed by atoms with Gasteiger partial charge in [0.15, 0.2) is 0 Å². The highest BCUT2D eigenvalue weighted by molar-refractivity contribution is 4.64. The minimum absolute atomic E-state index is 0. The lowest BCUT2D eigenvalue weighted by Gasteiger charge is -2.19. The lowest BCUT2D eigenvalue weighted by atomic mass is 10.0. The van der Waals surface area contributed by atoms with Crippen molar-refractivity contribution in [2.24, 2.45) is 0 Å². The van der Waals surface area contributed by atoms with E-state index in [0.29, 0.717) is 0 Å². The molecule has 0 unspecified atom stereocenters. The predicted octanol–water partition coefficient (Wildman–Crippen LogP) is 1.16. The minimum atomic E-state index is -0.372. The third-order valence-electron chi connectivity index (χ3n) is 1.11. The molecule has 0 aromatic heterocycles. The van der Waals surface area contributed by atoms with E-state index in [1.54, 1.807) is 0 Å². The van der Waals surface area contributed by atoms with Crippen molar-refractivity contribution in [3.63, 3.8) is 0 Å². The van der Waals surface area contributed by atoms with Crippen molar-refractivity contribution in [2.75, 3.05) is 0 Å². The molecule has 3 N–H and O–H groups in total. The molecule has 4 nitrogen and oxygen atoms in total. The molecule has 0 aromatic carbocycles. The maximum atomic E-state index is 7.91. The first-order valence-corrected chi connectivity index (χ1v) is 3.11. The van der Waals surface area contributed by atoms with Gasteiger partial charge in [-0.15, -0.1) is 0 Å². The van der Waals surface area contributed by atoms with E-state index < -0.39 is 0 Å². The molecule has 0 aliphatic carbocycles. The molecule has 0 rings (SSSR count). The lowest BCUT2D eigenvalue weighted by Crippen LogP contribution is -2.23. The Balaban J connectivity index is 0. The Morgan fingerprint density at radius 3 is 2.20 bits per heavy atom. The highest BCUT2D eigenvalue weighted by Crippen LogP contribution is 2.15. The van der Waals surface area contributed by atoms with Crippen LogP contribution in [0.3, 0.4) is 0 Å². The van der Waals surface area contributed by atoms with Crippen molar-refractivity contribution < 1.29 is 20.7 Å². The third-order valence-corrected chi connectivity index (χ3v) is 1.11. The Morgan fingerprint density at radius 1 is 1.40 bits per heavy atom. The standard InChI is InChI=1S/C6H14O3.H2O/c1-4-5-6(2,3)8-9-7;/h7H,4-5H2,1-3H3;1H2. The summed E-state index contributed by atoms with van der Waals surface area (Å²) in [6.07, 6.45) is 1.88. The summed E-state index contributed by atoms with van der Waals surface area (Å²) in [6, 6.07) is 0. The van der Waals surface area contributed by atoms with Gasteiger partial charge >= 0.3 is 0 Å². The van der Waals surface area contributed by atoms with E-state index in [1.807, 2.05) is 20.8 Å². The monoisotopic (exact) mass is 152 g/mol. The maximum absolute atomic E-state index is 7.91. The zero-order chi connectivity index (χ0) is 7.33. The predicted molar refractivity (Wildman–Crippen MR) is 37.4 cm³/mol. The van der Waals surface area contributed by atoms with E-state index in [1.165, 1.54) is 0 Å². The number of hydrogen-bond donors (Lipinski definition) is 1. The van der Waals surface area contributed by atoms with Crippen molar-refractivity contribution in [3.8, 4) is 0 Å². The molecule has 0 saturated carbocycles. The molecule has 0 saturated heterocycles. The smallest absolute Gasteiger partial charge is 0.101 e. The van der Waals surface area contributed by atoms with Crippen LogP contribution in [0.25, 0.3) is 0 Å². The van der Waals surface area contributed by atoms with Gasteiger partial charge in [0, 0.05) is 0 Å². The zero-order valence-electron chi connectivity index (χ0n) is 6.68. The minimum Gasteiger partial charge on any atom is -0.412 e. The van der Waals surface area contributed by atoms with Crippen LogP contribution in [0.4, 0.5) is 0 Å². The van der Waals surface area contributed by atoms with E-state index >= 15 is 0 Å². The fraction of sp³-hybridized carbons (Fsp3) is 1.00. The largest absolute Gasteiger partial charge is 0.412 e. The fourth-order valence-electron chi connectivity index (χ4n) is 0.745. The van der Waals surface area contributed by atoms with E-state index in [0.717, 1.165) is 12.8 Å². The first-order valence-electron chi connectivity index (χ1n) is 3.11. The molecule has 0 radical (unpaired) electrons. The molecule has 0 heterocycles. The van der Waals surface area contributed by atoms with Gasteiger partial charge in [-0.05, 0) is 20.3 Å². The summed E-state index contributed by atoms with van der Waals surface area (Å²) >= 11 is 0. The average molecular weight is 152 g/mol. The first kappa shape index (κ1) is 12.5. The van der Waals surface area contributed by atoms with Crippen molar-refractivity contribution >= 4 is 0 Å². The molecular weight excluding hydrogens is 136 g/mol. The van der Waals surface area contributed by atoms with Crippen molar-refractivity contribution in [1.29, 1.82) is 0 Å². The average Bonchev–Trinajstić information content (AvgIpc) is 1.64. The summed E-state index contributed by atoms with van der Waals surface area (Å²) in [5, 5.41) is 11.5. The maximum Gasteiger partial charge on any atom is 0.101 e. The third kappa shape index (κ3) is 5.97. The SMILES string of the molecule is CCCC(C)(C)OOO.O. The van der Waals surface area contributed by atoms with Crippen LogP contribution in [-0.4, -0.2) is 16.3 Å². The summed E-state index contributed by atoms with van der Waals surface area (Å²) in [6.45, 7) is 5.75. The molecule has 0 spiro atoms. The summed E-state index contributed by atoms with van der Waals surface area (Å²) < 4.78 is 0. The molecule has 0 fully saturated rings. The van der Waals surface area contributed by atoms with Gasteiger partial charge in [0.2, 0.25) is 0 Å². The Hall–Kier alpha value is -0.160. The van der Waals surface area contributed by atoms with Crippen LogP contribution in [0.15, 0.2) is 0 Å². The van der Waals surface area contributed by atoms with Gasteiger partial charge < -0.3 is 5.48 Å². The molecule has 64 valence electrons. The van der Waals surface area contributed by atoms with Gasteiger partial charge in [0.25, 0.3) is 0 Å². The van der Waals surface area contributed by atoms with E-state index in [2.05, 4.69) is 9.93 Å². The van der Waals surface area contributed by atoms with Crippen LogP contribution in [0.2, 0.25) is 0 Å². The van der Waals surface area contributed by atoms with Gasteiger partial charge in [-0.3, -0.25) is 0 Å². The Bertz CT molecular complexity index is 64.1. The Labute approximate surface area is 60.9 Å². The molecule has 4 heteroatoms.